The number of ether oxygens (including phenoxy) is 2. The second kappa shape index (κ2) is 7.54. The van der Waals surface area contributed by atoms with Crippen LogP contribution in [-0.2, 0) is 6.54 Å². The van der Waals surface area contributed by atoms with Crippen LogP contribution in [0, 0.1) is 18.3 Å². The van der Waals surface area contributed by atoms with Crippen molar-refractivity contribution in [2.45, 2.75) is 39.3 Å². The molecule has 0 bridgehead atoms. The number of Topliss-reactive ketones (excluding diaryl/α,β-unsaturated/α-hetero) is 1. The van der Waals surface area contributed by atoms with Crippen molar-refractivity contribution in [3.8, 4) is 23.4 Å². The van der Waals surface area contributed by atoms with E-state index in [9.17, 15) is 20.0 Å². The molecule has 140 valence electrons. The molecule has 1 atom stereocenters. The third-order valence-electron chi connectivity index (χ3n) is 4.58. The Morgan fingerprint density at radius 3 is 2.74 bits per heavy atom. The van der Waals surface area contributed by atoms with Gasteiger partial charge in [-0.3, -0.25) is 14.2 Å². The molecule has 1 aliphatic heterocycles. The Morgan fingerprint density at radius 2 is 2.07 bits per heavy atom. The van der Waals surface area contributed by atoms with Gasteiger partial charge >= 0.3 is 0 Å². The lowest BCUT2D eigenvalue weighted by Gasteiger charge is -2.26. The lowest BCUT2D eigenvalue weighted by molar-refractivity contribution is 0.0581. The molecule has 0 radical (unpaired) electrons. The topological polar surface area (TPSA) is 102 Å². The van der Waals surface area contributed by atoms with E-state index in [-0.39, 0.29) is 29.8 Å². The molecule has 2 heterocycles. The molecule has 1 aromatic carbocycles. The highest BCUT2D eigenvalue weighted by Gasteiger charge is 2.33. The molecule has 1 aromatic heterocycles. The maximum atomic E-state index is 13.1. The second-order valence-corrected chi connectivity index (χ2v) is 6.35. The molecule has 0 aliphatic carbocycles. The van der Waals surface area contributed by atoms with E-state index in [0.717, 1.165) is 11.0 Å². The standard InChI is InChI=1S/C20H20N2O5/c1-3-4-9-22-19(24)13(10-21)12(2)17(20(22)25)18(23)16-11-26-14-7-5-6-8-15(14)27-16/h5-8,16,25H,3-4,9,11H2,1-2H3. The van der Waals surface area contributed by atoms with E-state index in [1.54, 1.807) is 24.3 Å². The Morgan fingerprint density at radius 1 is 1.37 bits per heavy atom. The van der Waals surface area contributed by atoms with E-state index in [1.165, 1.54) is 6.92 Å². The Balaban J connectivity index is 2.04. The molecular formula is C20H20N2O5. The van der Waals surface area contributed by atoms with E-state index in [4.69, 9.17) is 9.47 Å². The van der Waals surface area contributed by atoms with Gasteiger partial charge in [-0.2, -0.15) is 5.26 Å². The van der Waals surface area contributed by atoms with Gasteiger partial charge in [0.15, 0.2) is 17.6 Å². The highest BCUT2D eigenvalue weighted by Crippen LogP contribution is 2.33. The number of rotatable bonds is 5. The minimum absolute atomic E-state index is 0.0231. The number of carbonyl (C=O) groups excluding carboxylic acids is 1. The monoisotopic (exact) mass is 368 g/mol. The molecule has 0 saturated carbocycles. The van der Waals surface area contributed by atoms with Crippen molar-refractivity contribution < 1.29 is 19.4 Å². The summed E-state index contributed by atoms with van der Waals surface area (Å²) in [5, 5.41) is 20.0. The summed E-state index contributed by atoms with van der Waals surface area (Å²) in [5.74, 6) is 0.00541. The van der Waals surface area contributed by atoms with Gasteiger partial charge < -0.3 is 14.6 Å². The lowest BCUT2D eigenvalue weighted by atomic mass is 9.98. The number of hydrogen-bond acceptors (Lipinski definition) is 6. The molecule has 1 unspecified atom stereocenters. The van der Waals surface area contributed by atoms with Crippen LogP contribution >= 0.6 is 0 Å². The zero-order valence-corrected chi connectivity index (χ0v) is 15.2. The molecule has 2 aromatic rings. The molecule has 27 heavy (non-hydrogen) atoms. The number of unbranched alkanes of at least 4 members (excludes halogenated alkanes) is 1. The highest BCUT2D eigenvalue weighted by atomic mass is 16.6. The summed E-state index contributed by atoms with van der Waals surface area (Å²) in [6, 6.07) is 8.83. The molecule has 0 amide bonds. The van der Waals surface area contributed by atoms with E-state index < -0.39 is 23.3 Å². The largest absolute Gasteiger partial charge is 0.494 e. The average molecular weight is 368 g/mol. The quantitative estimate of drug-likeness (QED) is 0.814. The van der Waals surface area contributed by atoms with Crippen LogP contribution in [0.1, 0.15) is 41.3 Å². The van der Waals surface area contributed by atoms with Crippen molar-refractivity contribution in [1.82, 2.24) is 4.57 Å². The first-order chi connectivity index (χ1) is 13.0. The minimum atomic E-state index is -0.979. The van der Waals surface area contributed by atoms with Gasteiger partial charge in [-0.1, -0.05) is 25.5 Å². The summed E-state index contributed by atoms with van der Waals surface area (Å²) in [7, 11) is 0. The molecule has 7 heteroatoms. The highest BCUT2D eigenvalue weighted by molar-refractivity contribution is 6.03. The van der Waals surface area contributed by atoms with Gasteiger partial charge in [0, 0.05) is 6.54 Å². The first-order valence-corrected chi connectivity index (χ1v) is 8.78. The molecule has 1 aliphatic rings. The van der Waals surface area contributed by atoms with Crippen LogP contribution < -0.4 is 15.0 Å². The normalized spacial score (nSPS) is 15.2. The molecule has 0 saturated heterocycles. The SMILES string of the molecule is CCCCn1c(O)c(C(=O)C2COc3ccccc3O2)c(C)c(C#N)c1=O. The minimum Gasteiger partial charge on any atom is -0.494 e. The van der Waals surface area contributed by atoms with E-state index in [0.29, 0.717) is 17.9 Å². The number of fused-ring (bicyclic) bond motifs is 1. The van der Waals surface area contributed by atoms with Gasteiger partial charge in [0.05, 0.1) is 5.56 Å². The zero-order valence-electron chi connectivity index (χ0n) is 15.2. The van der Waals surface area contributed by atoms with Gasteiger partial charge in [-0.25, -0.2) is 0 Å². The zero-order chi connectivity index (χ0) is 19.6. The van der Waals surface area contributed by atoms with Crippen molar-refractivity contribution in [2.24, 2.45) is 0 Å². The summed E-state index contributed by atoms with van der Waals surface area (Å²) < 4.78 is 12.4. The van der Waals surface area contributed by atoms with E-state index in [1.807, 2.05) is 13.0 Å². The number of nitrogens with zero attached hydrogens (tertiary/aromatic N) is 2. The molecule has 7 nitrogen and oxygen atoms in total. The molecule has 0 spiro atoms. The van der Waals surface area contributed by atoms with Gasteiger partial charge in [-0.15, -0.1) is 0 Å². The number of hydrogen-bond donors (Lipinski definition) is 1. The number of nitriles is 1. The molecule has 1 N–H and O–H groups in total. The summed E-state index contributed by atoms with van der Waals surface area (Å²) in [6.45, 7) is 3.62. The fourth-order valence-electron chi connectivity index (χ4n) is 3.08. The molecular weight excluding hydrogens is 348 g/mol. The van der Waals surface area contributed by atoms with Crippen molar-refractivity contribution in [3.63, 3.8) is 0 Å². The number of ketones is 1. The maximum Gasteiger partial charge on any atom is 0.271 e. The third-order valence-corrected chi connectivity index (χ3v) is 4.58. The van der Waals surface area contributed by atoms with Crippen LogP contribution in [0.3, 0.4) is 0 Å². The maximum absolute atomic E-state index is 13.1. The number of para-hydroxylation sites is 2. The average Bonchev–Trinajstić information content (AvgIpc) is 2.67. The number of aromatic nitrogens is 1. The van der Waals surface area contributed by atoms with Gasteiger partial charge in [-0.05, 0) is 31.0 Å². The molecule has 3 rings (SSSR count). The second-order valence-electron chi connectivity index (χ2n) is 6.35. The predicted octanol–water partition coefficient (Wildman–Crippen LogP) is 2.56. The smallest absolute Gasteiger partial charge is 0.271 e. The Labute approximate surface area is 156 Å². The van der Waals surface area contributed by atoms with Crippen molar-refractivity contribution in [3.05, 3.63) is 51.3 Å². The van der Waals surface area contributed by atoms with E-state index in [2.05, 4.69) is 0 Å². The fourth-order valence-corrected chi connectivity index (χ4v) is 3.08. The Hall–Kier alpha value is -3.27. The summed E-state index contributed by atoms with van der Waals surface area (Å²) in [4.78, 5) is 25.5. The third kappa shape index (κ3) is 3.26. The van der Waals surface area contributed by atoms with Crippen molar-refractivity contribution in [2.75, 3.05) is 6.61 Å². The van der Waals surface area contributed by atoms with Crippen LogP contribution in [0.25, 0.3) is 0 Å². The first-order valence-electron chi connectivity index (χ1n) is 8.78. The van der Waals surface area contributed by atoms with Crippen LogP contribution in [0.2, 0.25) is 0 Å². The number of carbonyl (C=O) groups is 1. The van der Waals surface area contributed by atoms with Crippen molar-refractivity contribution in [1.29, 1.82) is 5.26 Å². The summed E-state index contributed by atoms with van der Waals surface area (Å²) in [5.41, 5.74) is -0.663. The van der Waals surface area contributed by atoms with Crippen LogP contribution in [0.4, 0.5) is 0 Å². The summed E-state index contributed by atoms with van der Waals surface area (Å²) in [6.07, 6.45) is 0.445. The number of pyridine rings is 1. The summed E-state index contributed by atoms with van der Waals surface area (Å²) >= 11 is 0. The first kappa shape index (κ1) is 18.5. The lowest BCUT2D eigenvalue weighted by Crippen LogP contribution is -2.38. The number of aromatic hydroxyl groups is 1. The van der Waals surface area contributed by atoms with E-state index >= 15 is 0 Å². The molecule has 0 fully saturated rings. The Kier molecular flexibility index (Phi) is 5.17. The number of benzene rings is 1. The van der Waals surface area contributed by atoms with Gasteiger partial charge in [0.25, 0.3) is 5.56 Å². The Bertz CT molecular complexity index is 987. The fraction of sp³-hybridized carbons (Fsp3) is 0.350. The van der Waals surface area contributed by atoms with Gasteiger partial charge in [0.2, 0.25) is 11.7 Å². The van der Waals surface area contributed by atoms with Crippen LogP contribution in [-0.4, -0.2) is 28.2 Å². The van der Waals surface area contributed by atoms with Gasteiger partial charge in [0.1, 0.15) is 18.2 Å². The predicted molar refractivity (Wildman–Crippen MR) is 97.4 cm³/mol. The van der Waals surface area contributed by atoms with Crippen LogP contribution in [0.5, 0.6) is 17.4 Å². The van der Waals surface area contributed by atoms with Crippen LogP contribution in [0.15, 0.2) is 29.1 Å². The van der Waals surface area contributed by atoms with Crippen molar-refractivity contribution >= 4 is 5.78 Å².